The van der Waals surface area contributed by atoms with Crippen LogP contribution in [0, 0.1) is 0 Å². The molecule has 0 N–H and O–H groups in total. The predicted molar refractivity (Wildman–Crippen MR) is 162 cm³/mol. The predicted octanol–water partition coefficient (Wildman–Crippen LogP) is 6.99. The minimum Gasteiger partial charge on any atom is -0.488 e. The lowest BCUT2D eigenvalue weighted by Gasteiger charge is -2.26. The highest BCUT2D eigenvalue weighted by Gasteiger charge is 2.45. The van der Waals surface area contributed by atoms with Gasteiger partial charge < -0.3 is 9.47 Å². The van der Waals surface area contributed by atoms with E-state index in [1.165, 1.54) is 37.3 Å². The highest BCUT2D eigenvalue weighted by Crippen LogP contribution is 2.38. The van der Waals surface area contributed by atoms with Crippen LogP contribution in [0.1, 0.15) is 29.7 Å². The van der Waals surface area contributed by atoms with Crippen LogP contribution in [-0.2, 0) is 16.1 Å². The number of carbonyl (C=O) groups is 1. The first-order valence-corrected chi connectivity index (χ1v) is 15.1. The normalized spacial score (nSPS) is 15.2. The number of thiazole rings is 1. The Hall–Kier alpha value is -3.38. The van der Waals surface area contributed by atoms with E-state index in [-0.39, 0.29) is 21.5 Å². The SMILES string of the molecule is CCOC(=O)C1=C(C(F)(F)F)N=c2s/c(=C\c3ccc(OCc4ccc(Cl)cc4)c(Br)c3)c(=O)n2[C@H]1c1ccc(Cl)cc1. The van der Waals surface area contributed by atoms with Gasteiger partial charge in [-0.25, -0.2) is 9.79 Å². The van der Waals surface area contributed by atoms with Gasteiger partial charge in [0.05, 0.1) is 27.2 Å². The third-order valence-electron chi connectivity index (χ3n) is 6.34. The van der Waals surface area contributed by atoms with Crippen molar-refractivity contribution in [3.8, 4) is 5.75 Å². The van der Waals surface area contributed by atoms with Crippen molar-refractivity contribution in [3.63, 3.8) is 0 Å². The third kappa shape index (κ3) is 6.75. The van der Waals surface area contributed by atoms with E-state index < -0.39 is 35.0 Å². The fourth-order valence-electron chi connectivity index (χ4n) is 4.42. The van der Waals surface area contributed by atoms with Gasteiger partial charge in [-0.15, -0.1) is 0 Å². The number of aromatic nitrogens is 1. The molecule has 0 fully saturated rings. The van der Waals surface area contributed by atoms with Crippen LogP contribution in [0.15, 0.2) is 92.3 Å². The van der Waals surface area contributed by atoms with E-state index in [0.29, 0.717) is 32.4 Å². The Morgan fingerprint density at radius 3 is 2.33 bits per heavy atom. The fourth-order valence-corrected chi connectivity index (χ4v) is 6.18. The van der Waals surface area contributed by atoms with Crippen molar-refractivity contribution in [2.45, 2.75) is 25.7 Å². The molecule has 0 radical (unpaired) electrons. The molecular formula is C30H20BrCl2F3N2O4S. The molecule has 5 rings (SSSR count). The summed E-state index contributed by atoms with van der Waals surface area (Å²) in [5.41, 5.74) is -1.08. The van der Waals surface area contributed by atoms with Gasteiger partial charge in [0, 0.05) is 10.0 Å². The second-order valence-corrected chi connectivity index (χ2v) is 12.0. The van der Waals surface area contributed by atoms with E-state index in [0.717, 1.165) is 21.5 Å². The van der Waals surface area contributed by atoms with Crippen LogP contribution in [0.25, 0.3) is 6.08 Å². The van der Waals surface area contributed by atoms with Gasteiger partial charge >= 0.3 is 12.1 Å². The van der Waals surface area contributed by atoms with Crippen LogP contribution in [0.5, 0.6) is 5.75 Å². The summed E-state index contributed by atoms with van der Waals surface area (Å²) in [5.74, 6) is -0.670. The molecule has 0 amide bonds. The summed E-state index contributed by atoms with van der Waals surface area (Å²) in [5, 5.41) is 0.950. The van der Waals surface area contributed by atoms with E-state index in [2.05, 4.69) is 20.9 Å². The van der Waals surface area contributed by atoms with E-state index in [9.17, 15) is 22.8 Å². The summed E-state index contributed by atoms with van der Waals surface area (Å²) in [6.45, 7) is 1.60. The van der Waals surface area contributed by atoms with Crippen molar-refractivity contribution in [3.05, 3.63) is 129 Å². The van der Waals surface area contributed by atoms with E-state index in [1.54, 1.807) is 30.3 Å². The van der Waals surface area contributed by atoms with Crippen molar-refractivity contribution < 1.29 is 27.4 Å². The number of esters is 1. The summed E-state index contributed by atoms with van der Waals surface area (Å²) in [6, 6.07) is 16.8. The Kier molecular flexibility index (Phi) is 9.17. The molecule has 222 valence electrons. The fraction of sp³-hybridized carbons (Fsp3) is 0.167. The topological polar surface area (TPSA) is 69.9 Å². The first-order chi connectivity index (χ1) is 20.5. The maximum absolute atomic E-state index is 14.3. The van der Waals surface area contributed by atoms with Gasteiger partial charge in [0.25, 0.3) is 5.56 Å². The molecule has 0 saturated heterocycles. The monoisotopic (exact) mass is 710 g/mol. The average Bonchev–Trinajstić information content (AvgIpc) is 3.27. The molecule has 43 heavy (non-hydrogen) atoms. The summed E-state index contributed by atoms with van der Waals surface area (Å²) in [7, 11) is 0. The highest BCUT2D eigenvalue weighted by molar-refractivity contribution is 9.10. The Labute approximate surface area is 265 Å². The lowest BCUT2D eigenvalue weighted by Crippen LogP contribution is -2.41. The second-order valence-electron chi connectivity index (χ2n) is 9.22. The molecule has 1 atom stereocenters. The number of rotatable bonds is 7. The van der Waals surface area contributed by atoms with E-state index in [1.807, 2.05) is 12.1 Å². The number of alkyl halides is 3. The van der Waals surface area contributed by atoms with Crippen LogP contribution in [0.3, 0.4) is 0 Å². The number of halogens is 6. The Balaban J connectivity index is 1.59. The minimum absolute atomic E-state index is 0.117. The molecule has 4 aromatic rings. The lowest BCUT2D eigenvalue weighted by molar-refractivity contribution is -0.140. The third-order valence-corrected chi connectivity index (χ3v) is 8.45. The first-order valence-electron chi connectivity index (χ1n) is 12.7. The average molecular weight is 712 g/mol. The summed E-state index contributed by atoms with van der Waals surface area (Å²) in [6.07, 6.45) is -3.45. The summed E-state index contributed by atoms with van der Waals surface area (Å²) in [4.78, 5) is 30.2. The second kappa shape index (κ2) is 12.7. The molecule has 1 aromatic heterocycles. The number of carbonyl (C=O) groups excluding carboxylic acids is 1. The van der Waals surface area contributed by atoms with Crippen molar-refractivity contribution in [2.75, 3.05) is 6.61 Å². The van der Waals surface area contributed by atoms with Gasteiger partial charge in [-0.05, 0) is 82.0 Å². The molecular weight excluding hydrogens is 692 g/mol. The molecule has 2 heterocycles. The molecule has 1 aliphatic heterocycles. The van der Waals surface area contributed by atoms with Crippen molar-refractivity contribution in [2.24, 2.45) is 4.99 Å². The van der Waals surface area contributed by atoms with Crippen molar-refractivity contribution in [1.29, 1.82) is 0 Å². The zero-order valence-corrected chi connectivity index (χ0v) is 26.0. The maximum atomic E-state index is 14.3. The minimum atomic E-state index is -4.99. The molecule has 0 bridgehead atoms. The van der Waals surface area contributed by atoms with Gasteiger partial charge in [0.2, 0.25) is 0 Å². The van der Waals surface area contributed by atoms with E-state index in [4.69, 9.17) is 32.7 Å². The molecule has 0 saturated carbocycles. The molecule has 1 aliphatic rings. The summed E-state index contributed by atoms with van der Waals surface area (Å²) < 4.78 is 55.5. The Bertz CT molecular complexity index is 1900. The molecule has 3 aromatic carbocycles. The number of hydrogen-bond donors (Lipinski definition) is 0. The number of allylic oxidation sites excluding steroid dienone is 1. The van der Waals surface area contributed by atoms with Crippen LogP contribution in [-0.4, -0.2) is 23.3 Å². The number of hydrogen-bond acceptors (Lipinski definition) is 6. The van der Waals surface area contributed by atoms with Crippen LogP contribution >= 0.6 is 50.5 Å². The van der Waals surface area contributed by atoms with Gasteiger partial charge in [0.1, 0.15) is 12.4 Å². The number of benzene rings is 3. The zero-order valence-electron chi connectivity index (χ0n) is 22.1. The highest BCUT2D eigenvalue weighted by atomic mass is 79.9. The maximum Gasteiger partial charge on any atom is 0.434 e. The first kappa shape index (κ1) is 31.1. The lowest BCUT2D eigenvalue weighted by atomic mass is 9.95. The van der Waals surface area contributed by atoms with Crippen LogP contribution in [0.2, 0.25) is 10.0 Å². The number of fused-ring (bicyclic) bond motifs is 1. The standard InChI is InChI=1S/C30H20BrCl2F3N2O4S/c1-2-41-28(40)24-25(18-6-10-20(33)11-7-18)38-27(39)23(43-29(38)37-26(24)30(34,35)36)14-17-5-12-22(21(31)13-17)42-15-16-3-8-19(32)9-4-16/h3-14,25H,2,15H2,1H3/b23-14-/t25-/m0/s1. The number of ether oxygens (including phenoxy) is 2. The van der Waals surface area contributed by atoms with Crippen LogP contribution < -0.4 is 19.6 Å². The summed E-state index contributed by atoms with van der Waals surface area (Å²) >= 11 is 16.2. The Morgan fingerprint density at radius 2 is 1.72 bits per heavy atom. The van der Waals surface area contributed by atoms with Crippen molar-refractivity contribution in [1.82, 2.24) is 4.57 Å². The smallest absolute Gasteiger partial charge is 0.434 e. The Morgan fingerprint density at radius 1 is 1.07 bits per heavy atom. The molecule has 0 unspecified atom stereocenters. The van der Waals surface area contributed by atoms with Gasteiger partial charge in [-0.1, -0.05) is 64.9 Å². The molecule has 0 spiro atoms. The van der Waals surface area contributed by atoms with Gasteiger partial charge in [-0.3, -0.25) is 9.36 Å². The molecule has 6 nitrogen and oxygen atoms in total. The van der Waals surface area contributed by atoms with Crippen LogP contribution in [0.4, 0.5) is 13.2 Å². The molecule has 13 heteroatoms. The van der Waals surface area contributed by atoms with Crippen molar-refractivity contribution >= 4 is 62.5 Å². The van der Waals surface area contributed by atoms with Gasteiger partial charge in [0.15, 0.2) is 10.5 Å². The zero-order chi connectivity index (χ0) is 30.9. The number of nitrogens with zero attached hydrogens (tertiary/aromatic N) is 2. The molecule has 0 aliphatic carbocycles. The largest absolute Gasteiger partial charge is 0.488 e. The quantitative estimate of drug-likeness (QED) is 0.194. The van der Waals surface area contributed by atoms with Gasteiger partial charge in [-0.2, -0.15) is 13.2 Å². The van der Waals surface area contributed by atoms with E-state index >= 15 is 0 Å².